The predicted molar refractivity (Wildman–Crippen MR) is 74.0 cm³/mol. The first kappa shape index (κ1) is 12.1. The Hall–Kier alpha value is -0.350. The van der Waals surface area contributed by atoms with Crippen molar-refractivity contribution in [3.63, 3.8) is 0 Å². The lowest BCUT2D eigenvalue weighted by Crippen LogP contribution is -2.11. The van der Waals surface area contributed by atoms with Crippen LogP contribution < -0.4 is 5.32 Å². The Morgan fingerprint density at radius 2 is 2.06 bits per heavy atom. The van der Waals surface area contributed by atoms with Crippen molar-refractivity contribution >= 4 is 38.9 Å². The van der Waals surface area contributed by atoms with Gasteiger partial charge in [0.25, 0.3) is 0 Å². The molecule has 1 heterocycles. The summed E-state index contributed by atoms with van der Waals surface area (Å²) >= 11 is 11.1. The Bertz CT molecular complexity index is 470. The van der Waals surface area contributed by atoms with Gasteiger partial charge in [0.05, 0.1) is 5.02 Å². The lowest BCUT2D eigenvalue weighted by molar-refractivity contribution is 0.699. The highest BCUT2D eigenvalue weighted by Gasteiger charge is 2.00. The fourth-order valence-electron chi connectivity index (χ4n) is 1.41. The largest absolute Gasteiger partial charge is 0.308 e. The molecule has 1 N–H and O–H groups in total. The van der Waals surface area contributed by atoms with E-state index in [2.05, 4.69) is 33.4 Å². The summed E-state index contributed by atoms with van der Waals surface area (Å²) in [5.74, 6) is 0. The number of halogens is 2. The zero-order valence-corrected chi connectivity index (χ0v) is 11.7. The zero-order chi connectivity index (χ0) is 11.4. The Balaban J connectivity index is 1.87. The van der Waals surface area contributed by atoms with E-state index in [1.54, 1.807) is 11.3 Å². The summed E-state index contributed by atoms with van der Waals surface area (Å²) in [6.45, 7) is 1.72. The van der Waals surface area contributed by atoms with Gasteiger partial charge in [-0.3, -0.25) is 0 Å². The zero-order valence-electron chi connectivity index (χ0n) is 8.54. The second kappa shape index (κ2) is 5.82. The molecular weight excluding hydrogens is 306 g/mol. The first-order valence-corrected chi connectivity index (χ1v) is 6.98. The van der Waals surface area contributed by atoms with Gasteiger partial charge in [-0.15, -0.1) is 11.3 Å². The molecule has 0 aliphatic carbocycles. The van der Waals surface area contributed by atoms with Crippen LogP contribution in [0.15, 0.2) is 40.2 Å². The van der Waals surface area contributed by atoms with Crippen molar-refractivity contribution in [1.82, 2.24) is 5.32 Å². The molecule has 0 amide bonds. The van der Waals surface area contributed by atoms with E-state index in [1.165, 1.54) is 10.4 Å². The third kappa shape index (κ3) is 3.32. The summed E-state index contributed by atoms with van der Waals surface area (Å²) < 4.78 is 1.15. The first-order valence-electron chi connectivity index (χ1n) is 4.93. The standard InChI is InChI=1S/C12H11BrClNS/c13-12-4-2-1-3-9(12)6-15-7-11-5-10(14)8-16-11/h1-5,8,15H,6-7H2. The van der Waals surface area contributed by atoms with Gasteiger partial charge in [-0.1, -0.05) is 45.7 Å². The van der Waals surface area contributed by atoms with E-state index in [0.29, 0.717) is 0 Å². The van der Waals surface area contributed by atoms with Crippen LogP contribution in [0.3, 0.4) is 0 Å². The lowest BCUT2D eigenvalue weighted by Gasteiger charge is -2.05. The van der Waals surface area contributed by atoms with E-state index in [1.807, 2.05) is 23.6 Å². The highest BCUT2D eigenvalue weighted by atomic mass is 79.9. The molecule has 0 aliphatic heterocycles. The fraction of sp³-hybridized carbons (Fsp3) is 0.167. The van der Waals surface area contributed by atoms with E-state index in [-0.39, 0.29) is 0 Å². The fourth-order valence-corrected chi connectivity index (χ4v) is 2.88. The van der Waals surface area contributed by atoms with Gasteiger partial charge in [0.2, 0.25) is 0 Å². The van der Waals surface area contributed by atoms with Crippen LogP contribution in [0.4, 0.5) is 0 Å². The molecule has 0 bridgehead atoms. The number of nitrogens with one attached hydrogen (secondary N) is 1. The average molecular weight is 317 g/mol. The Kier molecular flexibility index (Phi) is 4.41. The maximum absolute atomic E-state index is 5.86. The van der Waals surface area contributed by atoms with Crippen molar-refractivity contribution in [2.75, 3.05) is 0 Å². The molecule has 1 aromatic heterocycles. The van der Waals surface area contributed by atoms with Crippen LogP contribution in [0.2, 0.25) is 5.02 Å². The van der Waals surface area contributed by atoms with Gasteiger partial charge < -0.3 is 5.32 Å². The number of rotatable bonds is 4. The van der Waals surface area contributed by atoms with Gasteiger partial charge in [-0.2, -0.15) is 0 Å². The van der Waals surface area contributed by atoms with Crippen LogP contribution in [-0.4, -0.2) is 0 Å². The van der Waals surface area contributed by atoms with Gasteiger partial charge >= 0.3 is 0 Å². The van der Waals surface area contributed by atoms with Gasteiger partial charge in [0, 0.05) is 27.8 Å². The van der Waals surface area contributed by atoms with Crippen LogP contribution in [0.25, 0.3) is 0 Å². The average Bonchev–Trinajstić information content (AvgIpc) is 2.67. The van der Waals surface area contributed by atoms with E-state index in [0.717, 1.165) is 22.6 Å². The molecule has 1 nitrogen and oxygen atoms in total. The predicted octanol–water partition coefficient (Wildman–Crippen LogP) is 4.45. The summed E-state index contributed by atoms with van der Waals surface area (Å²) in [5.41, 5.74) is 1.27. The minimum absolute atomic E-state index is 0.822. The quantitative estimate of drug-likeness (QED) is 0.878. The molecule has 0 saturated heterocycles. The second-order valence-electron chi connectivity index (χ2n) is 3.43. The molecule has 2 aromatic rings. The van der Waals surface area contributed by atoms with E-state index in [4.69, 9.17) is 11.6 Å². The molecule has 2 rings (SSSR count). The highest BCUT2D eigenvalue weighted by molar-refractivity contribution is 9.10. The summed E-state index contributed by atoms with van der Waals surface area (Å²) in [7, 11) is 0. The van der Waals surface area contributed by atoms with Crippen molar-refractivity contribution < 1.29 is 0 Å². The smallest absolute Gasteiger partial charge is 0.0516 e. The van der Waals surface area contributed by atoms with Crippen LogP contribution in [0.5, 0.6) is 0 Å². The molecule has 0 radical (unpaired) electrons. The third-order valence-corrected chi connectivity index (χ3v) is 4.25. The highest BCUT2D eigenvalue weighted by Crippen LogP contribution is 2.19. The molecule has 0 aliphatic rings. The molecule has 0 atom stereocenters. The number of hydrogen-bond acceptors (Lipinski definition) is 2. The Morgan fingerprint density at radius 3 is 2.75 bits per heavy atom. The monoisotopic (exact) mass is 315 g/mol. The summed E-state index contributed by atoms with van der Waals surface area (Å²) in [4.78, 5) is 1.26. The summed E-state index contributed by atoms with van der Waals surface area (Å²) in [6.07, 6.45) is 0. The van der Waals surface area contributed by atoms with Crippen molar-refractivity contribution in [3.05, 3.63) is 55.6 Å². The van der Waals surface area contributed by atoms with Gasteiger partial charge in [-0.05, 0) is 17.7 Å². The van der Waals surface area contributed by atoms with Crippen molar-refractivity contribution in [1.29, 1.82) is 0 Å². The molecule has 16 heavy (non-hydrogen) atoms. The molecular formula is C12H11BrClNS. The van der Waals surface area contributed by atoms with E-state index in [9.17, 15) is 0 Å². The lowest BCUT2D eigenvalue weighted by atomic mass is 10.2. The number of benzene rings is 1. The third-order valence-electron chi connectivity index (χ3n) is 2.19. The Labute approximate surface area is 113 Å². The molecule has 0 unspecified atom stereocenters. The van der Waals surface area contributed by atoms with Crippen LogP contribution in [-0.2, 0) is 13.1 Å². The summed E-state index contributed by atoms with van der Waals surface area (Å²) in [6, 6.07) is 10.2. The normalized spacial score (nSPS) is 10.6. The minimum Gasteiger partial charge on any atom is -0.308 e. The maximum Gasteiger partial charge on any atom is 0.0516 e. The topological polar surface area (TPSA) is 12.0 Å². The van der Waals surface area contributed by atoms with Gasteiger partial charge in [-0.25, -0.2) is 0 Å². The van der Waals surface area contributed by atoms with Crippen molar-refractivity contribution in [2.45, 2.75) is 13.1 Å². The van der Waals surface area contributed by atoms with Crippen molar-refractivity contribution in [3.8, 4) is 0 Å². The van der Waals surface area contributed by atoms with Gasteiger partial charge in [0.15, 0.2) is 0 Å². The minimum atomic E-state index is 0.822. The molecule has 0 fully saturated rings. The second-order valence-corrected chi connectivity index (χ2v) is 5.71. The van der Waals surface area contributed by atoms with E-state index >= 15 is 0 Å². The van der Waals surface area contributed by atoms with Crippen LogP contribution >= 0.6 is 38.9 Å². The van der Waals surface area contributed by atoms with Crippen LogP contribution in [0, 0.1) is 0 Å². The molecule has 1 aromatic carbocycles. The number of hydrogen-bond donors (Lipinski definition) is 1. The van der Waals surface area contributed by atoms with Gasteiger partial charge in [0.1, 0.15) is 0 Å². The number of thiophene rings is 1. The summed E-state index contributed by atoms with van der Waals surface area (Å²) in [5, 5.41) is 6.17. The maximum atomic E-state index is 5.86. The Morgan fingerprint density at radius 1 is 1.25 bits per heavy atom. The van der Waals surface area contributed by atoms with Crippen molar-refractivity contribution in [2.24, 2.45) is 0 Å². The molecule has 84 valence electrons. The van der Waals surface area contributed by atoms with Crippen LogP contribution in [0.1, 0.15) is 10.4 Å². The molecule has 0 spiro atoms. The van der Waals surface area contributed by atoms with E-state index < -0.39 is 0 Å². The first-order chi connectivity index (χ1) is 7.75. The SMILES string of the molecule is Clc1csc(CNCc2ccccc2Br)c1. The molecule has 4 heteroatoms. The molecule has 0 saturated carbocycles.